The molecule has 0 aromatic heterocycles. The number of ether oxygens (including phenoxy) is 1. The highest BCUT2D eigenvalue weighted by Crippen LogP contribution is 2.26. The predicted octanol–water partition coefficient (Wildman–Crippen LogP) is 4.86. The Kier molecular flexibility index (Phi) is 7.31. The summed E-state index contributed by atoms with van der Waals surface area (Å²) in [5, 5.41) is 3.62. The molecule has 1 aromatic carbocycles. The first-order chi connectivity index (χ1) is 8.81. The van der Waals surface area contributed by atoms with Crippen LogP contribution in [0.4, 0.5) is 5.69 Å². The van der Waals surface area contributed by atoms with E-state index in [2.05, 4.69) is 38.2 Å². The molecule has 0 heterocycles. The zero-order valence-corrected chi connectivity index (χ0v) is 12.0. The Labute approximate surface area is 112 Å². The van der Waals surface area contributed by atoms with Gasteiger partial charge in [-0.2, -0.15) is 0 Å². The van der Waals surface area contributed by atoms with E-state index < -0.39 is 0 Å². The molecular weight excluding hydrogens is 222 g/mol. The van der Waals surface area contributed by atoms with Crippen LogP contribution >= 0.6 is 0 Å². The van der Waals surface area contributed by atoms with Gasteiger partial charge in [0.1, 0.15) is 5.75 Å². The topological polar surface area (TPSA) is 21.3 Å². The summed E-state index contributed by atoms with van der Waals surface area (Å²) in [6.45, 7) is 7.39. The number of para-hydroxylation sites is 2. The van der Waals surface area contributed by atoms with Crippen LogP contribution in [0.3, 0.4) is 0 Å². The smallest absolute Gasteiger partial charge is 0.142 e. The van der Waals surface area contributed by atoms with Gasteiger partial charge in [0.05, 0.1) is 12.3 Å². The highest BCUT2D eigenvalue weighted by Gasteiger charge is 2.08. The second kappa shape index (κ2) is 8.84. The Hall–Kier alpha value is -1.18. The molecule has 0 saturated carbocycles. The highest BCUT2D eigenvalue weighted by molar-refractivity contribution is 5.56. The Morgan fingerprint density at radius 2 is 1.89 bits per heavy atom. The van der Waals surface area contributed by atoms with E-state index in [0.29, 0.717) is 6.04 Å². The van der Waals surface area contributed by atoms with Crippen molar-refractivity contribution in [3.05, 3.63) is 24.3 Å². The molecule has 0 bridgehead atoms. The lowest BCUT2D eigenvalue weighted by molar-refractivity contribution is 0.318. The fraction of sp³-hybridized carbons (Fsp3) is 0.625. The van der Waals surface area contributed by atoms with Crippen LogP contribution in [-0.2, 0) is 0 Å². The summed E-state index contributed by atoms with van der Waals surface area (Å²) in [5.74, 6) is 0.981. The molecule has 1 atom stereocenters. The summed E-state index contributed by atoms with van der Waals surface area (Å²) in [4.78, 5) is 0. The number of benzene rings is 1. The third kappa shape index (κ3) is 4.99. The predicted molar refractivity (Wildman–Crippen MR) is 79.5 cm³/mol. The Morgan fingerprint density at radius 3 is 2.56 bits per heavy atom. The van der Waals surface area contributed by atoms with Crippen LogP contribution in [-0.4, -0.2) is 12.6 Å². The average molecular weight is 249 g/mol. The van der Waals surface area contributed by atoms with Crippen molar-refractivity contribution in [2.45, 2.75) is 58.9 Å². The van der Waals surface area contributed by atoms with Gasteiger partial charge in [0.15, 0.2) is 0 Å². The van der Waals surface area contributed by atoms with Crippen molar-refractivity contribution in [2.75, 3.05) is 11.9 Å². The number of unbranched alkanes of at least 4 members (excludes halogenated alkanes) is 1. The standard InChI is InChI=1S/C16H27NO/c1-4-7-10-14(6-3)17-15-11-8-9-12-16(15)18-13-5-2/h8-9,11-12,14,17H,4-7,10,13H2,1-3H3. The quantitative estimate of drug-likeness (QED) is 0.675. The van der Waals surface area contributed by atoms with Crippen molar-refractivity contribution in [1.29, 1.82) is 0 Å². The summed E-state index contributed by atoms with van der Waals surface area (Å²) >= 11 is 0. The molecule has 1 unspecified atom stereocenters. The van der Waals surface area contributed by atoms with Crippen molar-refractivity contribution in [2.24, 2.45) is 0 Å². The van der Waals surface area contributed by atoms with Gasteiger partial charge < -0.3 is 10.1 Å². The first-order valence-corrected chi connectivity index (χ1v) is 7.30. The maximum Gasteiger partial charge on any atom is 0.142 e. The van der Waals surface area contributed by atoms with E-state index in [4.69, 9.17) is 4.74 Å². The van der Waals surface area contributed by atoms with Gasteiger partial charge in [0.2, 0.25) is 0 Å². The normalized spacial score (nSPS) is 12.2. The van der Waals surface area contributed by atoms with E-state index >= 15 is 0 Å². The van der Waals surface area contributed by atoms with E-state index in [1.807, 2.05) is 12.1 Å². The van der Waals surface area contributed by atoms with Crippen molar-refractivity contribution in [3.63, 3.8) is 0 Å². The molecule has 102 valence electrons. The van der Waals surface area contributed by atoms with Crippen LogP contribution in [0.2, 0.25) is 0 Å². The Bertz CT molecular complexity index is 325. The molecule has 2 heteroatoms. The Balaban J connectivity index is 2.63. The molecule has 0 aliphatic carbocycles. The van der Waals surface area contributed by atoms with E-state index in [1.165, 1.54) is 19.3 Å². The molecule has 1 N–H and O–H groups in total. The van der Waals surface area contributed by atoms with Crippen LogP contribution in [0.5, 0.6) is 5.75 Å². The van der Waals surface area contributed by atoms with Gasteiger partial charge in [-0.1, -0.05) is 45.7 Å². The number of anilines is 1. The van der Waals surface area contributed by atoms with E-state index in [9.17, 15) is 0 Å². The molecule has 1 aromatic rings. The van der Waals surface area contributed by atoms with Crippen molar-refractivity contribution < 1.29 is 4.74 Å². The van der Waals surface area contributed by atoms with Gasteiger partial charge in [-0.25, -0.2) is 0 Å². The Morgan fingerprint density at radius 1 is 1.11 bits per heavy atom. The van der Waals surface area contributed by atoms with Gasteiger partial charge in [-0.3, -0.25) is 0 Å². The van der Waals surface area contributed by atoms with Crippen LogP contribution in [0.1, 0.15) is 52.9 Å². The first-order valence-electron chi connectivity index (χ1n) is 7.30. The molecule has 0 radical (unpaired) electrons. The second-order valence-electron chi connectivity index (χ2n) is 4.74. The van der Waals surface area contributed by atoms with Gasteiger partial charge in [0.25, 0.3) is 0 Å². The minimum atomic E-state index is 0.552. The fourth-order valence-electron chi connectivity index (χ4n) is 1.97. The van der Waals surface area contributed by atoms with E-state index in [0.717, 1.165) is 30.9 Å². The van der Waals surface area contributed by atoms with Crippen LogP contribution in [0.15, 0.2) is 24.3 Å². The van der Waals surface area contributed by atoms with Crippen LogP contribution in [0, 0.1) is 0 Å². The lowest BCUT2D eigenvalue weighted by Gasteiger charge is -2.20. The van der Waals surface area contributed by atoms with Crippen LogP contribution in [0.25, 0.3) is 0 Å². The SMILES string of the molecule is CCCCC(CC)Nc1ccccc1OCCC. The molecule has 0 spiro atoms. The maximum atomic E-state index is 5.77. The molecule has 0 amide bonds. The number of nitrogens with one attached hydrogen (secondary N) is 1. The molecule has 0 aliphatic heterocycles. The third-order valence-corrected chi connectivity index (χ3v) is 3.11. The largest absolute Gasteiger partial charge is 0.491 e. The van der Waals surface area contributed by atoms with Crippen molar-refractivity contribution >= 4 is 5.69 Å². The number of hydrogen-bond donors (Lipinski definition) is 1. The highest BCUT2D eigenvalue weighted by atomic mass is 16.5. The second-order valence-corrected chi connectivity index (χ2v) is 4.74. The summed E-state index contributed by atoms with van der Waals surface area (Å²) in [5.41, 5.74) is 1.13. The minimum absolute atomic E-state index is 0.552. The average Bonchev–Trinajstić information content (AvgIpc) is 2.42. The third-order valence-electron chi connectivity index (χ3n) is 3.11. The van der Waals surface area contributed by atoms with E-state index in [1.54, 1.807) is 0 Å². The molecule has 2 nitrogen and oxygen atoms in total. The summed E-state index contributed by atoms with van der Waals surface area (Å²) < 4.78 is 5.77. The zero-order valence-electron chi connectivity index (χ0n) is 12.0. The lowest BCUT2D eigenvalue weighted by atomic mass is 10.1. The lowest BCUT2D eigenvalue weighted by Crippen LogP contribution is -2.18. The van der Waals surface area contributed by atoms with Gasteiger partial charge in [-0.05, 0) is 31.4 Å². The summed E-state index contributed by atoms with van der Waals surface area (Å²) in [7, 11) is 0. The van der Waals surface area contributed by atoms with Crippen LogP contribution < -0.4 is 10.1 Å². The van der Waals surface area contributed by atoms with Gasteiger partial charge in [-0.15, -0.1) is 0 Å². The molecule has 0 saturated heterocycles. The van der Waals surface area contributed by atoms with E-state index in [-0.39, 0.29) is 0 Å². The summed E-state index contributed by atoms with van der Waals surface area (Å²) in [6.07, 6.45) is 5.97. The monoisotopic (exact) mass is 249 g/mol. The number of hydrogen-bond acceptors (Lipinski definition) is 2. The molecule has 0 fully saturated rings. The zero-order chi connectivity index (χ0) is 13.2. The first kappa shape index (κ1) is 14.9. The molecule has 18 heavy (non-hydrogen) atoms. The maximum absolute atomic E-state index is 5.77. The molecule has 0 aliphatic rings. The number of rotatable bonds is 9. The van der Waals surface area contributed by atoms with Gasteiger partial charge in [0, 0.05) is 6.04 Å². The van der Waals surface area contributed by atoms with Crippen molar-refractivity contribution in [3.8, 4) is 5.75 Å². The fourth-order valence-corrected chi connectivity index (χ4v) is 1.97. The molecular formula is C16H27NO. The minimum Gasteiger partial charge on any atom is -0.491 e. The summed E-state index contributed by atoms with van der Waals surface area (Å²) in [6, 6.07) is 8.80. The van der Waals surface area contributed by atoms with Crippen molar-refractivity contribution in [1.82, 2.24) is 0 Å². The van der Waals surface area contributed by atoms with Gasteiger partial charge >= 0.3 is 0 Å². The molecule has 1 rings (SSSR count).